The van der Waals surface area contributed by atoms with Gasteiger partial charge in [0.15, 0.2) is 5.65 Å². The molecule has 5 nitrogen and oxygen atoms in total. The van der Waals surface area contributed by atoms with E-state index in [1.807, 2.05) is 6.07 Å². The average Bonchev–Trinajstić information content (AvgIpc) is 2.88. The Morgan fingerprint density at radius 3 is 2.90 bits per heavy atom. The van der Waals surface area contributed by atoms with Crippen molar-refractivity contribution in [1.82, 2.24) is 14.6 Å². The highest BCUT2D eigenvalue weighted by atomic mass is 35.5. The van der Waals surface area contributed by atoms with E-state index in [0.29, 0.717) is 17.5 Å². The first-order valence-electron chi connectivity index (χ1n) is 7.56. The molecule has 6 heteroatoms. The third kappa shape index (κ3) is 3.30. The third-order valence-corrected chi connectivity index (χ3v) is 4.71. The molecular formula is C15H21ClN4O. The van der Waals surface area contributed by atoms with Crippen LogP contribution in [0.3, 0.4) is 0 Å². The molecule has 1 fully saturated rings. The Hall–Kier alpha value is -1.33. The Morgan fingerprint density at radius 1 is 1.43 bits per heavy atom. The highest BCUT2D eigenvalue weighted by Gasteiger charge is 2.32. The number of fused-ring (bicyclic) bond motifs is 1. The maximum Gasteiger partial charge on any atom is 0.243 e. The molecule has 0 aliphatic heterocycles. The second kappa shape index (κ2) is 5.81. The van der Waals surface area contributed by atoms with Gasteiger partial charge in [0.25, 0.3) is 0 Å². The number of nitrogens with one attached hydrogen (secondary N) is 1. The molecule has 2 N–H and O–H groups in total. The number of hydrogen-bond donors (Lipinski definition) is 2. The van der Waals surface area contributed by atoms with E-state index in [4.69, 9.17) is 11.6 Å². The molecule has 1 aliphatic carbocycles. The minimum Gasteiger partial charge on any atom is -0.388 e. The van der Waals surface area contributed by atoms with Crippen LogP contribution in [0.5, 0.6) is 0 Å². The predicted molar refractivity (Wildman–Crippen MR) is 83.7 cm³/mol. The van der Waals surface area contributed by atoms with Gasteiger partial charge in [-0.05, 0) is 43.7 Å². The summed E-state index contributed by atoms with van der Waals surface area (Å²) in [5.41, 5.74) is 0.101. The fraction of sp³-hybridized carbons (Fsp3) is 0.600. The number of rotatable bonds is 4. The van der Waals surface area contributed by atoms with Crippen LogP contribution in [0.4, 0.5) is 5.95 Å². The van der Waals surface area contributed by atoms with Gasteiger partial charge in [0, 0.05) is 12.7 Å². The molecule has 3 rings (SSSR count). The van der Waals surface area contributed by atoms with Gasteiger partial charge in [0.05, 0.1) is 10.6 Å². The Bertz CT molecular complexity index is 619. The van der Waals surface area contributed by atoms with Crippen LogP contribution in [0.25, 0.3) is 5.65 Å². The summed E-state index contributed by atoms with van der Waals surface area (Å²) < 4.78 is 1.64. The normalized spacial score (nSPS) is 26.1. The van der Waals surface area contributed by atoms with E-state index in [0.717, 1.165) is 37.2 Å². The molecule has 1 saturated carbocycles. The van der Waals surface area contributed by atoms with Gasteiger partial charge in [-0.15, -0.1) is 5.10 Å². The van der Waals surface area contributed by atoms with Crippen molar-refractivity contribution in [3.8, 4) is 0 Å². The van der Waals surface area contributed by atoms with Crippen LogP contribution in [0.15, 0.2) is 18.3 Å². The minimum atomic E-state index is -0.638. The monoisotopic (exact) mass is 308 g/mol. The summed E-state index contributed by atoms with van der Waals surface area (Å²) in [6.07, 6.45) is 6.82. The maximum absolute atomic E-state index is 10.6. The van der Waals surface area contributed by atoms with Gasteiger partial charge in [0.1, 0.15) is 0 Å². The van der Waals surface area contributed by atoms with E-state index in [1.54, 1.807) is 16.8 Å². The van der Waals surface area contributed by atoms with Gasteiger partial charge in [-0.2, -0.15) is 4.98 Å². The van der Waals surface area contributed by atoms with Gasteiger partial charge in [-0.3, -0.25) is 0 Å². The first-order valence-corrected chi connectivity index (χ1v) is 7.94. The van der Waals surface area contributed by atoms with Gasteiger partial charge in [-0.25, -0.2) is 4.52 Å². The van der Waals surface area contributed by atoms with Crippen molar-refractivity contribution in [2.45, 2.75) is 44.6 Å². The molecule has 1 aliphatic rings. The van der Waals surface area contributed by atoms with Crippen molar-refractivity contribution < 1.29 is 5.11 Å². The van der Waals surface area contributed by atoms with Crippen molar-refractivity contribution >= 4 is 23.2 Å². The van der Waals surface area contributed by atoms with Gasteiger partial charge < -0.3 is 10.4 Å². The van der Waals surface area contributed by atoms with Crippen LogP contribution in [0, 0.1) is 5.92 Å². The third-order valence-electron chi connectivity index (χ3n) is 4.48. The summed E-state index contributed by atoms with van der Waals surface area (Å²) in [5, 5.41) is 18.7. The molecule has 2 aromatic rings. The van der Waals surface area contributed by atoms with Crippen LogP contribution in [-0.4, -0.2) is 31.9 Å². The molecule has 2 heterocycles. The molecule has 0 spiro atoms. The highest BCUT2D eigenvalue weighted by molar-refractivity contribution is 6.30. The number of halogens is 1. The molecule has 114 valence electrons. The molecule has 0 radical (unpaired) electrons. The maximum atomic E-state index is 10.6. The molecule has 0 bridgehead atoms. The van der Waals surface area contributed by atoms with Gasteiger partial charge in [-0.1, -0.05) is 24.9 Å². The lowest BCUT2D eigenvalue weighted by molar-refractivity contribution is 0.00216. The molecule has 0 aromatic carbocycles. The Labute approximate surface area is 129 Å². The Balaban J connectivity index is 1.63. The predicted octanol–water partition coefficient (Wildman–Crippen LogP) is 3.13. The summed E-state index contributed by atoms with van der Waals surface area (Å²) >= 11 is 5.93. The standard InChI is InChI=1S/C15H21ClN4O/c1-2-11-5-7-15(21,8-6-11)10-17-14-18-13-4-3-12(16)9-20(13)19-14/h3-4,9,11,21H,2,5-8,10H2,1H3,(H,17,19). The molecule has 0 unspecified atom stereocenters. The van der Waals surface area contributed by atoms with Crippen molar-refractivity contribution in [2.75, 3.05) is 11.9 Å². The van der Waals surface area contributed by atoms with E-state index >= 15 is 0 Å². The fourth-order valence-corrected chi connectivity index (χ4v) is 3.13. The SMILES string of the molecule is CCC1CCC(O)(CNc2nc3ccc(Cl)cn3n2)CC1. The number of pyridine rings is 1. The lowest BCUT2D eigenvalue weighted by Crippen LogP contribution is -2.40. The summed E-state index contributed by atoms with van der Waals surface area (Å²) in [6, 6.07) is 3.61. The van der Waals surface area contributed by atoms with Gasteiger partial charge in [0.2, 0.25) is 5.95 Å². The molecule has 0 atom stereocenters. The summed E-state index contributed by atoms with van der Waals surface area (Å²) in [4.78, 5) is 4.37. The molecular weight excluding hydrogens is 288 g/mol. The van der Waals surface area contributed by atoms with Crippen LogP contribution in [0.1, 0.15) is 39.0 Å². The zero-order valence-electron chi connectivity index (χ0n) is 12.2. The first-order chi connectivity index (χ1) is 10.1. The minimum absolute atomic E-state index is 0.494. The van der Waals surface area contributed by atoms with E-state index in [1.165, 1.54) is 6.42 Å². The molecule has 0 saturated heterocycles. The zero-order chi connectivity index (χ0) is 14.9. The summed E-state index contributed by atoms with van der Waals surface area (Å²) in [7, 11) is 0. The molecule has 21 heavy (non-hydrogen) atoms. The van der Waals surface area contributed by atoms with E-state index in [9.17, 15) is 5.11 Å². The highest BCUT2D eigenvalue weighted by Crippen LogP contribution is 2.33. The second-order valence-electron chi connectivity index (χ2n) is 6.02. The quantitative estimate of drug-likeness (QED) is 0.911. The lowest BCUT2D eigenvalue weighted by Gasteiger charge is -2.35. The fourth-order valence-electron chi connectivity index (χ4n) is 2.98. The number of aromatic nitrogens is 3. The summed E-state index contributed by atoms with van der Waals surface area (Å²) in [6.45, 7) is 2.72. The van der Waals surface area contributed by atoms with Crippen molar-refractivity contribution in [2.24, 2.45) is 5.92 Å². The number of nitrogens with zero attached hydrogens (tertiary/aromatic N) is 3. The second-order valence-corrected chi connectivity index (χ2v) is 6.45. The number of anilines is 1. The largest absolute Gasteiger partial charge is 0.388 e. The van der Waals surface area contributed by atoms with E-state index in [-0.39, 0.29) is 0 Å². The van der Waals surface area contributed by atoms with Crippen LogP contribution < -0.4 is 5.32 Å². The van der Waals surface area contributed by atoms with Crippen LogP contribution >= 0.6 is 11.6 Å². The smallest absolute Gasteiger partial charge is 0.243 e. The molecule has 0 amide bonds. The average molecular weight is 309 g/mol. The van der Waals surface area contributed by atoms with E-state index in [2.05, 4.69) is 22.3 Å². The summed E-state index contributed by atoms with van der Waals surface area (Å²) in [5.74, 6) is 1.30. The Kier molecular flexibility index (Phi) is 4.04. The number of aliphatic hydroxyl groups is 1. The van der Waals surface area contributed by atoms with E-state index < -0.39 is 5.60 Å². The first kappa shape index (κ1) is 14.6. The van der Waals surface area contributed by atoms with Crippen molar-refractivity contribution in [3.63, 3.8) is 0 Å². The lowest BCUT2D eigenvalue weighted by atomic mass is 9.78. The van der Waals surface area contributed by atoms with Crippen LogP contribution in [-0.2, 0) is 0 Å². The number of hydrogen-bond acceptors (Lipinski definition) is 4. The van der Waals surface area contributed by atoms with Crippen molar-refractivity contribution in [3.05, 3.63) is 23.4 Å². The van der Waals surface area contributed by atoms with Crippen molar-refractivity contribution in [1.29, 1.82) is 0 Å². The van der Waals surface area contributed by atoms with Gasteiger partial charge >= 0.3 is 0 Å². The molecule has 2 aromatic heterocycles. The topological polar surface area (TPSA) is 62.5 Å². The Morgan fingerprint density at radius 2 is 2.19 bits per heavy atom. The van der Waals surface area contributed by atoms with Crippen LogP contribution in [0.2, 0.25) is 5.02 Å². The zero-order valence-corrected chi connectivity index (χ0v) is 13.0.